The molecule has 0 aliphatic heterocycles. The molecule has 0 saturated heterocycles. The Labute approximate surface area is 270 Å². The average molecular weight is 623 g/mol. The molecule has 0 bridgehead atoms. The second kappa shape index (κ2) is 14.9. The van der Waals surface area contributed by atoms with E-state index in [9.17, 15) is 0 Å². The molecule has 0 aliphatic carbocycles. The van der Waals surface area contributed by atoms with Crippen LogP contribution in [0.4, 0.5) is 11.6 Å². The van der Waals surface area contributed by atoms with Crippen molar-refractivity contribution < 1.29 is 0 Å². The van der Waals surface area contributed by atoms with Crippen LogP contribution in [-0.4, -0.2) is 49.5 Å². The lowest BCUT2D eigenvalue weighted by Crippen LogP contribution is -2.08. The van der Waals surface area contributed by atoms with Gasteiger partial charge in [0.05, 0.1) is 41.4 Å². The molecule has 6 aromatic rings. The number of hydrogen-bond donors (Lipinski definition) is 2. The van der Waals surface area contributed by atoms with Gasteiger partial charge in [-0.2, -0.15) is 10.2 Å². The topological polar surface area (TPSA) is 165 Å². The summed E-state index contributed by atoms with van der Waals surface area (Å²) in [7, 11) is 0. The Morgan fingerprint density at radius 1 is 0.717 bits per heavy atom. The fourth-order valence-corrected chi connectivity index (χ4v) is 4.99. The van der Waals surface area contributed by atoms with E-state index in [0.29, 0.717) is 30.6 Å². The van der Waals surface area contributed by atoms with Crippen molar-refractivity contribution in [1.29, 1.82) is 0 Å². The second-order valence-electron chi connectivity index (χ2n) is 11.8. The monoisotopic (exact) mass is 622 g/mol. The fraction of sp³-hybridized carbons (Fsp3) is 0.412. The van der Waals surface area contributed by atoms with E-state index < -0.39 is 0 Å². The van der Waals surface area contributed by atoms with Gasteiger partial charge in [-0.05, 0) is 36.5 Å². The molecular formula is C34H46N12. The standard InChI is InChI=1S/C17H22N6.C15H18N6.C2H6/c1-10(2)14-13-15(18)22-23(9-12-6-5-7-19-8-12)17(13)21-16(20-14)11(3)4;1-9(2)13-12-7-18-21(15(12)20-10(3)19-13)8-11-5-4-6-17-14(11)16;1-2/h5-8,10-11H,9H2,1-4H3,(H2,18,22);4-7,9H,8H2,1-3H3,(H2,16,17);1-2H3. The van der Waals surface area contributed by atoms with E-state index in [1.165, 1.54) is 0 Å². The van der Waals surface area contributed by atoms with Crippen molar-refractivity contribution in [3.8, 4) is 0 Å². The Kier molecular flexibility index (Phi) is 10.9. The van der Waals surface area contributed by atoms with Crippen LogP contribution >= 0.6 is 0 Å². The molecule has 0 radical (unpaired) electrons. The summed E-state index contributed by atoms with van der Waals surface area (Å²) in [5, 5.41) is 10.8. The van der Waals surface area contributed by atoms with Gasteiger partial charge in [-0.3, -0.25) is 4.98 Å². The number of fused-ring (bicyclic) bond motifs is 2. The van der Waals surface area contributed by atoms with Crippen LogP contribution < -0.4 is 11.5 Å². The van der Waals surface area contributed by atoms with Crippen LogP contribution in [-0.2, 0) is 13.1 Å². The van der Waals surface area contributed by atoms with Crippen molar-refractivity contribution in [3.05, 3.63) is 83.2 Å². The fourth-order valence-electron chi connectivity index (χ4n) is 4.99. The summed E-state index contributed by atoms with van der Waals surface area (Å²) in [5.74, 6) is 3.44. The number of nitrogens with two attached hydrogens (primary N) is 2. The Hall–Kier alpha value is -5.00. The van der Waals surface area contributed by atoms with Gasteiger partial charge >= 0.3 is 0 Å². The van der Waals surface area contributed by atoms with E-state index in [1.807, 2.05) is 66.8 Å². The van der Waals surface area contributed by atoms with E-state index in [1.54, 1.807) is 12.4 Å². The highest BCUT2D eigenvalue weighted by Gasteiger charge is 2.20. The minimum atomic E-state index is 0.250. The largest absolute Gasteiger partial charge is 0.383 e. The highest BCUT2D eigenvalue weighted by atomic mass is 15.3. The van der Waals surface area contributed by atoms with Crippen molar-refractivity contribution >= 4 is 33.7 Å². The highest BCUT2D eigenvalue weighted by Crippen LogP contribution is 2.29. The number of aryl methyl sites for hydroxylation is 1. The van der Waals surface area contributed by atoms with Gasteiger partial charge in [-0.25, -0.2) is 34.3 Å². The molecule has 6 aromatic heterocycles. The Morgan fingerprint density at radius 3 is 2.07 bits per heavy atom. The minimum Gasteiger partial charge on any atom is -0.383 e. The summed E-state index contributed by atoms with van der Waals surface area (Å²) >= 11 is 0. The lowest BCUT2D eigenvalue weighted by molar-refractivity contribution is 0.691. The number of pyridine rings is 2. The molecule has 0 aromatic carbocycles. The van der Waals surface area contributed by atoms with E-state index >= 15 is 0 Å². The maximum atomic E-state index is 6.17. The SMILES string of the molecule is CC.CC(C)c1nc(C(C)C)c2c(N)nn(Cc3cccnc3)c2n1.Cc1nc(C(C)C)c2cnn(Cc3cccnc3N)c2n1. The van der Waals surface area contributed by atoms with Crippen LogP contribution in [0.5, 0.6) is 0 Å². The molecule has 46 heavy (non-hydrogen) atoms. The second-order valence-corrected chi connectivity index (χ2v) is 11.8. The van der Waals surface area contributed by atoms with Gasteiger partial charge in [0, 0.05) is 30.1 Å². The van der Waals surface area contributed by atoms with Gasteiger partial charge in [0.25, 0.3) is 0 Å². The molecule has 242 valence electrons. The Bertz CT molecular complexity index is 1890. The Morgan fingerprint density at radius 2 is 1.43 bits per heavy atom. The molecule has 6 rings (SSSR count). The first kappa shape index (κ1) is 33.9. The number of aromatic nitrogens is 10. The van der Waals surface area contributed by atoms with Gasteiger partial charge < -0.3 is 11.5 Å². The summed E-state index contributed by atoms with van der Waals surface area (Å²) in [5.41, 5.74) is 17.7. The molecule has 12 nitrogen and oxygen atoms in total. The quantitative estimate of drug-likeness (QED) is 0.203. The van der Waals surface area contributed by atoms with Gasteiger partial charge in [0.2, 0.25) is 0 Å². The van der Waals surface area contributed by atoms with Crippen LogP contribution in [0.1, 0.15) is 107 Å². The maximum absolute atomic E-state index is 6.17. The first-order chi connectivity index (χ1) is 22.0. The molecule has 0 aliphatic rings. The predicted octanol–water partition coefficient (Wildman–Crippen LogP) is 6.41. The smallest absolute Gasteiger partial charge is 0.164 e. The molecule has 0 fully saturated rings. The van der Waals surface area contributed by atoms with Crippen LogP contribution in [0.2, 0.25) is 0 Å². The van der Waals surface area contributed by atoms with E-state index in [4.69, 9.17) is 21.4 Å². The molecular weight excluding hydrogens is 576 g/mol. The van der Waals surface area contributed by atoms with Crippen LogP contribution in [0, 0.1) is 6.92 Å². The molecule has 0 unspecified atom stereocenters. The summed E-state index contributed by atoms with van der Waals surface area (Å²) in [6, 6.07) is 7.76. The zero-order valence-corrected chi connectivity index (χ0v) is 28.4. The summed E-state index contributed by atoms with van der Waals surface area (Å²) < 4.78 is 3.70. The molecule has 0 amide bonds. The lowest BCUT2D eigenvalue weighted by Gasteiger charge is -2.11. The Balaban J connectivity index is 0.000000199. The summed E-state index contributed by atoms with van der Waals surface area (Å²) in [4.78, 5) is 26.8. The number of nitrogen functional groups attached to an aromatic ring is 2. The molecule has 0 spiro atoms. The minimum absolute atomic E-state index is 0.250. The number of nitrogens with zero attached hydrogens (tertiary/aromatic N) is 10. The van der Waals surface area contributed by atoms with Crippen LogP contribution in [0.3, 0.4) is 0 Å². The molecule has 4 N–H and O–H groups in total. The van der Waals surface area contributed by atoms with Crippen molar-refractivity contribution in [2.24, 2.45) is 0 Å². The molecule has 6 heterocycles. The van der Waals surface area contributed by atoms with Crippen molar-refractivity contribution in [1.82, 2.24) is 49.5 Å². The van der Waals surface area contributed by atoms with Crippen molar-refractivity contribution in [3.63, 3.8) is 0 Å². The highest BCUT2D eigenvalue weighted by molar-refractivity contribution is 5.89. The van der Waals surface area contributed by atoms with E-state index in [-0.39, 0.29) is 11.8 Å². The van der Waals surface area contributed by atoms with E-state index in [2.05, 4.69) is 71.7 Å². The molecule has 12 heteroatoms. The predicted molar refractivity (Wildman–Crippen MR) is 185 cm³/mol. The van der Waals surface area contributed by atoms with Crippen molar-refractivity contribution in [2.45, 2.75) is 93.2 Å². The third-order valence-corrected chi connectivity index (χ3v) is 7.21. The first-order valence-electron chi connectivity index (χ1n) is 15.9. The summed E-state index contributed by atoms with van der Waals surface area (Å²) in [6.45, 7) is 19.7. The lowest BCUT2D eigenvalue weighted by atomic mass is 10.1. The average Bonchev–Trinajstić information content (AvgIpc) is 3.58. The third kappa shape index (κ3) is 7.44. The van der Waals surface area contributed by atoms with Gasteiger partial charge in [0.1, 0.15) is 17.5 Å². The normalized spacial score (nSPS) is 11.2. The zero-order valence-electron chi connectivity index (χ0n) is 28.4. The molecule has 0 saturated carbocycles. The maximum Gasteiger partial charge on any atom is 0.164 e. The zero-order chi connectivity index (χ0) is 33.5. The van der Waals surface area contributed by atoms with Gasteiger partial charge in [0.15, 0.2) is 17.1 Å². The van der Waals surface area contributed by atoms with E-state index in [0.717, 1.165) is 56.2 Å². The third-order valence-electron chi connectivity index (χ3n) is 7.21. The van der Waals surface area contributed by atoms with Gasteiger partial charge in [-0.1, -0.05) is 67.5 Å². The van der Waals surface area contributed by atoms with Crippen LogP contribution in [0.25, 0.3) is 22.1 Å². The molecule has 0 atom stereocenters. The summed E-state index contributed by atoms with van der Waals surface area (Å²) in [6.07, 6.45) is 7.10. The number of rotatable bonds is 7. The number of anilines is 2. The van der Waals surface area contributed by atoms with Crippen molar-refractivity contribution in [2.75, 3.05) is 11.5 Å². The van der Waals surface area contributed by atoms with Gasteiger partial charge in [-0.15, -0.1) is 0 Å². The van der Waals surface area contributed by atoms with Crippen LogP contribution in [0.15, 0.2) is 49.1 Å². The first-order valence-corrected chi connectivity index (χ1v) is 15.9. The number of hydrogen-bond acceptors (Lipinski definition) is 10.